The van der Waals surface area contributed by atoms with Gasteiger partial charge in [-0.3, -0.25) is 0 Å². The Balaban J connectivity index is 1.90. The quantitative estimate of drug-likeness (QED) is 0.815. The highest BCUT2D eigenvalue weighted by Crippen LogP contribution is 2.15. The molecule has 1 aliphatic heterocycles. The first-order valence-corrected chi connectivity index (χ1v) is 5.20. The molecule has 2 rings (SSSR count). The van der Waals surface area contributed by atoms with Gasteiger partial charge in [0, 0.05) is 24.8 Å². The minimum Gasteiger partial charge on any atom is -0.385 e. The van der Waals surface area contributed by atoms with Crippen LogP contribution in [-0.2, 0) is 4.74 Å². The Bertz CT molecular complexity index is 364. The summed E-state index contributed by atoms with van der Waals surface area (Å²) < 4.78 is 5.30. The monoisotopic (exact) mass is 202 g/mol. The minimum atomic E-state index is 0.607. The number of ether oxygens (including phenoxy) is 1. The molecule has 3 heteroatoms. The number of benzene rings is 1. The van der Waals surface area contributed by atoms with Crippen molar-refractivity contribution in [2.24, 2.45) is 5.92 Å². The fraction of sp³-hybridized carbons (Fsp3) is 0.417. The number of hydrogen-bond donors (Lipinski definition) is 1. The molecule has 0 saturated carbocycles. The number of nitrogens with zero attached hydrogens (tertiary/aromatic N) is 1. The molecule has 1 aliphatic rings. The fourth-order valence-corrected chi connectivity index (χ4v) is 1.71. The number of nitriles is 1. The van der Waals surface area contributed by atoms with Gasteiger partial charge in [-0.15, -0.1) is 0 Å². The van der Waals surface area contributed by atoms with Crippen molar-refractivity contribution in [1.82, 2.24) is 0 Å². The number of rotatable bonds is 3. The van der Waals surface area contributed by atoms with E-state index in [0.29, 0.717) is 11.5 Å². The van der Waals surface area contributed by atoms with Crippen molar-refractivity contribution in [2.75, 3.05) is 25.1 Å². The van der Waals surface area contributed by atoms with Crippen molar-refractivity contribution in [1.29, 1.82) is 5.26 Å². The Kier molecular flexibility index (Phi) is 3.21. The molecule has 1 atom stereocenters. The van der Waals surface area contributed by atoms with Crippen LogP contribution in [0.5, 0.6) is 0 Å². The third-order valence-electron chi connectivity index (χ3n) is 2.61. The Morgan fingerprint density at radius 2 is 2.47 bits per heavy atom. The van der Waals surface area contributed by atoms with Crippen molar-refractivity contribution < 1.29 is 4.74 Å². The van der Waals surface area contributed by atoms with Gasteiger partial charge in [0.15, 0.2) is 0 Å². The van der Waals surface area contributed by atoms with Crippen LogP contribution in [0.1, 0.15) is 12.0 Å². The molecule has 1 aromatic carbocycles. The van der Waals surface area contributed by atoms with Crippen LogP contribution in [0, 0.1) is 17.2 Å². The maximum Gasteiger partial charge on any atom is 0.0992 e. The molecule has 1 heterocycles. The lowest BCUT2D eigenvalue weighted by atomic mass is 10.1. The lowest BCUT2D eigenvalue weighted by Gasteiger charge is -2.10. The minimum absolute atomic E-state index is 0.607. The standard InChI is InChI=1S/C12H14N2O/c13-7-10-2-1-3-12(6-10)14-8-11-4-5-15-9-11/h1-3,6,11,14H,4-5,8-9H2. The van der Waals surface area contributed by atoms with E-state index in [2.05, 4.69) is 11.4 Å². The van der Waals surface area contributed by atoms with Gasteiger partial charge in [-0.25, -0.2) is 0 Å². The average Bonchev–Trinajstić information content (AvgIpc) is 2.79. The van der Waals surface area contributed by atoms with Crippen molar-refractivity contribution in [3.8, 4) is 6.07 Å². The van der Waals surface area contributed by atoms with Crippen molar-refractivity contribution in [3.05, 3.63) is 29.8 Å². The number of hydrogen-bond acceptors (Lipinski definition) is 3. The summed E-state index contributed by atoms with van der Waals surface area (Å²) in [6.07, 6.45) is 1.13. The van der Waals surface area contributed by atoms with Gasteiger partial charge in [0.2, 0.25) is 0 Å². The summed E-state index contributed by atoms with van der Waals surface area (Å²) in [6.45, 7) is 2.66. The lowest BCUT2D eigenvalue weighted by molar-refractivity contribution is 0.187. The lowest BCUT2D eigenvalue weighted by Crippen LogP contribution is -2.13. The van der Waals surface area contributed by atoms with E-state index in [9.17, 15) is 0 Å². The molecule has 1 saturated heterocycles. The van der Waals surface area contributed by atoms with Crippen molar-refractivity contribution in [3.63, 3.8) is 0 Å². The molecular formula is C12H14N2O. The normalized spacial score (nSPS) is 19.8. The van der Waals surface area contributed by atoms with Gasteiger partial charge in [0.25, 0.3) is 0 Å². The highest BCUT2D eigenvalue weighted by molar-refractivity contribution is 5.49. The summed E-state index contributed by atoms with van der Waals surface area (Å²) in [7, 11) is 0. The van der Waals surface area contributed by atoms with Gasteiger partial charge in [0.05, 0.1) is 18.2 Å². The molecule has 15 heavy (non-hydrogen) atoms. The maximum absolute atomic E-state index is 8.74. The molecular weight excluding hydrogens is 188 g/mol. The van der Waals surface area contributed by atoms with Gasteiger partial charge in [-0.2, -0.15) is 5.26 Å². The Morgan fingerprint density at radius 1 is 1.53 bits per heavy atom. The van der Waals surface area contributed by atoms with E-state index >= 15 is 0 Å². The second-order valence-corrected chi connectivity index (χ2v) is 3.80. The van der Waals surface area contributed by atoms with E-state index < -0.39 is 0 Å². The first-order valence-electron chi connectivity index (χ1n) is 5.20. The molecule has 1 aromatic rings. The predicted molar refractivity (Wildman–Crippen MR) is 58.6 cm³/mol. The van der Waals surface area contributed by atoms with Crippen molar-refractivity contribution in [2.45, 2.75) is 6.42 Å². The zero-order valence-corrected chi connectivity index (χ0v) is 8.57. The van der Waals surface area contributed by atoms with E-state index in [1.807, 2.05) is 24.3 Å². The first kappa shape index (κ1) is 10.0. The summed E-state index contributed by atoms with van der Waals surface area (Å²) in [4.78, 5) is 0. The fourth-order valence-electron chi connectivity index (χ4n) is 1.71. The highest BCUT2D eigenvalue weighted by atomic mass is 16.5. The van der Waals surface area contributed by atoms with Gasteiger partial charge >= 0.3 is 0 Å². The van der Waals surface area contributed by atoms with E-state index in [1.165, 1.54) is 0 Å². The van der Waals surface area contributed by atoms with E-state index in [0.717, 1.165) is 31.9 Å². The molecule has 1 unspecified atom stereocenters. The Labute approximate surface area is 89.7 Å². The molecule has 0 aromatic heterocycles. The van der Waals surface area contributed by atoms with Gasteiger partial charge in [-0.1, -0.05) is 6.07 Å². The summed E-state index contributed by atoms with van der Waals surface area (Å²) in [5.41, 5.74) is 1.71. The molecule has 1 fully saturated rings. The van der Waals surface area contributed by atoms with Crippen molar-refractivity contribution >= 4 is 5.69 Å². The highest BCUT2D eigenvalue weighted by Gasteiger charge is 2.14. The van der Waals surface area contributed by atoms with E-state index in [4.69, 9.17) is 10.00 Å². The third-order valence-corrected chi connectivity index (χ3v) is 2.61. The van der Waals surface area contributed by atoms with Crippen LogP contribution in [0.25, 0.3) is 0 Å². The topological polar surface area (TPSA) is 45.0 Å². The summed E-state index contributed by atoms with van der Waals surface area (Å²) >= 11 is 0. The van der Waals surface area contributed by atoms with Crippen LogP contribution in [0.2, 0.25) is 0 Å². The van der Waals surface area contributed by atoms with Crippen LogP contribution < -0.4 is 5.32 Å². The Hall–Kier alpha value is -1.53. The summed E-state index contributed by atoms with van der Waals surface area (Å²) in [6, 6.07) is 9.69. The average molecular weight is 202 g/mol. The molecule has 0 spiro atoms. The predicted octanol–water partition coefficient (Wildman–Crippen LogP) is 2.01. The van der Waals surface area contributed by atoms with Gasteiger partial charge in [-0.05, 0) is 24.6 Å². The largest absolute Gasteiger partial charge is 0.385 e. The van der Waals surface area contributed by atoms with Gasteiger partial charge in [0.1, 0.15) is 0 Å². The number of anilines is 1. The van der Waals surface area contributed by atoms with Gasteiger partial charge < -0.3 is 10.1 Å². The molecule has 0 amide bonds. The summed E-state index contributed by atoms with van der Waals surface area (Å²) in [5.74, 6) is 0.607. The zero-order valence-electron chi connectivity index (χ0n) is 8.57. The second-order valence-electron chi connectivity index (χ2n) is 3.80. The first-order chi connectivity index (χ1) is 7.38. The molecule has 78 valence electrons. The van der Waals surface area contributed by atoms with Crippen LogP contribution in [0.15, 0.2) is 24.3 Å². The van der Waals surface area contributed by atoms with E-state index in [1.54, 1.807) is 0 Å². The maximum atomic E-state index is 8.74. The van der Waals surface area contributed by atoms with Crippen LogP contribution in [0.3, 0.4) is 0 Å². The van der Waals surface area contributed by atoms with Crippen LogP contribution in [-0.4, -0.2) is 19.8 Å². The molecule has 0 bridgehead atoms. The molecule has 1 N–H and O–H groups in total. The SMILES string of the molecule is N#Cc1cccc(NCC2CCOC2)c1. The van der Waals surface area contributed by atoms with Crippen LogP contribution >= 0.6 is 0 Å². The number of nitrogens with one attached hydrogen (secondary N) is 1. The second kappa shape index (κ2) is 4.81. The molecule has 0 radical (unpaired) electrons. The molecule has 0 aliphatic carbocycles. The molecule has 3 nitrogen and oxygen atoms in total. The van der Waals surface area contributed by atoms with Crippen LogP contribution in [0.4, 0.5) is 5.69 Å². The Morgan fingerprint density at radius 3 is 3.20 bits per heavy atom. The third kappa shape index (κ3) is 2.71. The summed E-state index contributed by atoms with van der Waals surface area (Å²) in [5, 5.41) is 12.1. The van der Waals surface area contributed by atoms with E-state index in [-0.39, 0.29) is 0 Å². The zero-order chi connectivity index (χ0) is 10.5. The smallest absolute Gasteiger partial charge is 0.0992 e.